The average molecular weight is 427 g/mol. The first-order valence-corrected chi connectivity index (χ1v) is 10.0. The highest BCUT2D eigenvalue weighted by Gasteiger charge is 2.59. The Bertz CT molecular complexity index is 821. The summed E-state index contributed by atoms with van der Waals surface area (Å²) in [5, 5.41) is 10.7. The Morgan fingerprint density at radius 1 is 1.29 bits per heavy atom. The number of hydrogen-bond donors (Lipinski definition) is 1. The molecule has 1 aromatic rings. The van der Waals surface area contributed by atoms with Crippen molar-refractivity contribution in [1.82, 2.24) is 0 Å². The van der Waals surface area contributed by atoms with Crippen LogP contribution in [0.25, 0.3) is 0 Å². The van der Waals surface area contributed by atoms with Crippen LogP contribution in [-0.2, 0) is 14.4 Å². The van der Waals surface area contributed by atoms with E-state index >= 15 is 0 Å². The van der Waals surface area contributed by atoms with Crippen molar-refractivity contribution in [3.05, 3.63) is 46.5 Å². The van der Waals surface area contributed by atoms with Gasteiger partial charge in [0, 0.05) is 11.8 Å². The molecule has 1 fully saturated rings. The van der Waals surface area contributed by atoms with Crippen molar-refractivity contribution in [2.24, 2.45) is 5.41 Å². The van der Waals surface area contributed by atoms with Gasteiger partial charge in [0.2, 0.25) is 6.04 Å². The van der Waals surface area contributed by atoms with E-state index in [0.717, 1.165) is 0 Å². The van der Waals surface area contributed by atoms with E-state index < -0.39 is 39.5 Å². The molecule has 1 aliphatic rings. The van der Waals surface area contributed by atoms with Gasteiger partial charge in [-0.1, -0.05) is 56.6 Å². The minimum atomic E-state index is -1.12. The fraction of sp³-hybridized carbons (Fsp3) is 0.476. The number of carbonyl (C=O) groups is 3. The smallest absolute Gasteiger partial charge is 0.383 e. The second kappa shape index (κ2) is 8.36. The third kappa shape index (κ3) is 3.88. The topological polar surface area (TPSA) is 71.4 Å². The second-order valence-electron chi connectivity index (χ2n) is 7.95. The number of amides is 1. The van der Waals surface area contributed by atoms with Crippen LogP contribution in [-0.4, -0.2) is 46.4 Å². The minimum absolute atomic E-state index is 0.0825. The molecule has 5 nitrogen and oxygen atoms in total. The predicted octanol–water partition coefficient (Wildman–Crippen LogP) is 4.47. The summed E-state index contributed by atoms with van der Waals surface area (Å²) in [6, 6.07) is 3.89. The van der Waals surface area contributed by atoms with Crippen LogP contribution in [0.15, 0.2) is 30.9 Å². The average Bonchev–Trinajstić information content (AvgIpc) is 3.03. The molecule has 1 saturated heterocycles. The molecule has 0 radical (unpaired) electrons. The van der Waals surface area contributed by atoms with E-state index in [9.17, 15) is 19.5 Å². The maximum atomic E-state index is 13.3. The highest BCUT2D eigenvalue weighted by atomic mass is 35.5. The first-order valence-electron chi connectivity index (χ1n) is 9.26. The molecule has 0 spiro atoms. The zero-order valence-electron chi connectivity index (χ0n) is 16.4. The maximum Gasteiger partial charge on any atom is 0.383 e. The largest absolute Gasteiger partial charge is 0.477 e. The van der Waals surface area contributed by atoms with E-state index in [-0.39, 0.29) is 13.1 Å². The Kier molecular flexibility index (Phi) is 6.74. The lowest BCUT2D eigenvalue weighted by Gasteiger charge is -2.37. The minimum Gasteiger partial charge on any atom is -0.477 e. The van der Waals surface area contributed by atoms with Gasteiger partial charge in [-0.25, -0.2) is 14.1 Å². The van der Waals surface area contributed by atoms with Crippen LogP contribution in [0.1, 0.15) is 45.1 Å². The SMILES string of the molecule is C=CC[N+]1(C(=O)C(=O)C(C)(C)CC)CCC(c2ccc(Cl)c(Cl)c2)[C@H]1C(=O)O. The van der Waals surface area contributed by atoms with Gasteiger partial charge in [0.25, 0.3) is 5.78 Å². The number of quaternary nitrogens is 1. The number of likely N-dealkylation sites (tertiary alicyclic amines) is 1. The van der Waals surface area contributed by atoms with Crippen molar-refractivity contribution < 1.29 is 24.0 Å². The summed E-state index contributed by atoms with van der Waals surface area (Å²) in [5.74, 6) is -2.79. The van der Waals surface area contributed by atoms with Crippen LogP contribution in [0.2, 0.25) is 10.0 Å². The number of carboxylic acid groups (broad SMARTS) is 1. The Labute approximate surface area is 175 Å². The summed E-state index contributed by atoms with van der Waals surface area (Å²) in [6.45, 7) is 9.28. The summed E-state index contributed by atoms with van der Waals surface area (Å²) in [6.07, 6.45) is 2.44. The fourth-order valence-electron chi connectivity index (χ4n) is 3.88. The van der Waals surface area contributed by atoms with Crippen LogP contribution in [0.4, 0.5) is 0 Å². The molecule has 152 valence electrons. The summed E-state index contributed by atoms with van der Waals surface area (Å²) in [4.78, 5) is 38.6. The molecule has 0 saturated carbocycles. The summed E-state index contributed by atoms with van der Waals surface area (Å²) >= 11 is 12.1. The van der Waals surface area contributed by atoms with Crippen molar-refractivity contribution in [3.63, 3.8) is 0 Å². The molecule has 0 aliphatic carbocycles. The molecule has 7 heteroatoms. The summed E-state index contributed by atoms with van der Waals surface area (Å²) < 4.78 is -0.452. The van der Waals surface area contributed by atoms with Crippen molar-refractivity contribution in [2.75, 3.05) is 13.1 Å². The molecule has 2 unspecified atom stereocenters. The summed E-state index contributed by atoms with van der Waals surface area (Å²) in [5.41, 5.74) is -0.158. The Balaban J connectivity index is 2.56. The second-order valence-corrected chi connectivity index (χ2v) is 8.77. The molecule has 0 bridgehead atoms. The Morgan fingerprint density at radius 3 is 2.43 bits per heavy atom. The Hall–Kier alpha value is -1.69. The van der Waals surface area contributed by atoms with Gasteiger partial charge in [0.05, 0.1) is 22.5 Å². The van der Waals surface area contributed by atoms with Gasteiger partial charge < -0.3 is 5.11 Å². The lowest BCUT2D eigenvalue weighted by Crippen LogP contribution is -2.63. The number of carboxylic acids is 1. The first-order chi connectivity index (χ1) is 13.0. The number of benzene rings is 1. The van der Waals surface area contributed by atoms with Crippen LogP contribution in [0, 0.1) is 5.41 Å². The van der Waals surface area contributed by atoms with Crippen molar-refractivity contribution in [3.8, 4) is 0 Å². The number of hydrogen-bond acceptors (Lipinski definition) is 3. The van der Waals surface area contributed by atoms with Gasteiger partial charge in [-0.2, -0.15) is 0 Å². The zero-order valence-corrected chi connectivity index (χ0v) is 17.9. The number of nitrogens with zero attached hydrogens (tertiary/aromatic N) is 1. The van der Waals surface area contributed by atoms with Gasteiger partial charge in [0.15, 0.2) is 0 Å². The van der Waals surface area contributed by atoms with E-state index in [1.165, 1.54) is 6.08 Å². The fourth-order valence-corrected chi connectivity index (χ4v) is 4.19. The van der Waals surface area contributed by atoms with E-state index in [1.807, 2.05) is 6.92 Å². The lowest BCUT2D eigenvalue weighted by atomic mass is 9.83. The lowest BCUT2D eigenvalue weighted by molar-refractivity contribution is -0.849. The van der Waals surface area contributed by atoms with Gasteiger partial charge >= 0.3 is 11.9 Å². The number of halogens is 2. The van der Waals surface area contributed by atoms with Gasteiger partial charge in [-0.05, 0) is 30.2 Å². The number of rotatable bonds is 7. The molecule has 28 heavy (non-hydrogen) atoms. The molecule has 1 N–H and O–H groups in total. The zero-order chi connectivity index (χ0) is 21.3. The van der Waals surface area contributed by atoms with Gasteiger partial charge in [-0.15, -0.1) is 0 Å². The Morgan fingerprint density at radius 2 is 1.93 bits per heavy atom. The summed E-state index contributed by atoms with van der Waals surface area (Å²) in [7, 11) is 0. The third-order valence-corrected chi connectivity index (χ3v) is 6.67. The van der Waals surface area contributed by atoms with E-state index in [4.69, 9.17) is 23.2 Å². The van der Waals surface area contributed by atoms with Crippen molar-refractivity contribution in [1.29, 1.82) is 0 Å². The number of ketones is 1. The molecule has 2 rings (SSSR count). The van der Waals surface area contributed by atoms with Crippen molar-refractivity contribution >= 4 is 40.9 Å². The van der Waals surface area contributed by atoms with Crippen LogP contribution < -0.4 is 0 Å². The van der Waals surface area contributed by atoms with E-state index in [0.29, 0.717) is 28.5 Å². The highest BCUT2D eigenvalue weighted by Crippen LogP contribution is 2.42. The van der Waals surface area contributed by atoms with E-state index in [2.05, 4.69) is 6.58 Å². The third-order valence-electron chi connectivity index (χ3n) is 5.93. The van der Waals surface area contributed by atoms with Crippen LogP contribution in [0.5, 0.6) is 0 Å². The molecule has 1 aromatic carbocycles. The van der Waals surface area contributed by atoms with Crippen LogP contribution >= 0.6 is 23.2 Å². The predicted molar refractivity (Wildman–Crippen MR) is 110 cm³/mol. The molecule has 3 atom stereocenters. The molecule has 1 aliphatic heterocycles. The van der Waals surface area contributed by atoms with Gasteiger partial charge in [-0.3, -0.25) is 4.79 Å². The quantitative estimate of drug-likeness (QED) is 0.396. The number of Topliss-reactive ketones (excluding diaryl/α,β-unsaturated/α-hetero) is 1. The monoisotopic (exact) mass is 426 g/mol. The standard InChI is InChI=1S/C21H25Cl2NO4/c1-5-10-24(19(26)18(25)21(3,4)6-2)11-9-14(17(24)20(27)28)13-7-8-15(22)16(23)12-13/h5,7-8,12,14,17H,1,6,9-11H2,2-4H3/p+1/t14?,17-,24?/m0/s1. The van der Waals surface area contributed by atoms with Crippen LogP contribution in [0.3, 0.4) is 0 Å². The number of carbonyl (C=O) groups excluding carboxylic acids is 2. The van der Waals surface area contributed by atoms with E-state index in [1.54, 1.807) is 32.0 Å². The molecule has 0 aromatic heterocycles. The van der Waals surface area contributed by atoms with Gasteiger partial charge in [0.1, 0.15) is 6.54 Å². The van der Waals surface area contributed by atoms with Crippen molar-refractivity contribution in [2.45, 2.75) is 45.6 Å². The molecular formula is C21H26Cl2NO4+. The molecule has 1 amide bonds. The molecular weight excluding hydrogens is 401 g/mol. The first kappa shape index (κ1) is 22.6. The molecule has 1 heterocycles. The maximum absolute atomic E-state index is 13.3. The normalized spacial score (nSPS) is 24.8. The number of aliphatic carboxylic acids is 1. The highest BCUT2D eigenvalue weighted by molar-refractivity contribution is 6.42.